The second-order valence-electron chi connectivity index (χ2n) is 4.73. The molecule has 3 heteroatoms. The van der Waals surface area contributed by atoms with E-state index in [1.54, 1.807) is 0 Å². The average molecular weight is 197 g/mol. The summed E-state index contributed by atoms with van der Waals surface area (Å²) in [7, 11) is 2.22. The van der Waals surface area contributed by atoms with Crippen molar-refractivity contribution >= 4 is 0 Å². The van der Waals surface area contributed by atoms with Crippen molar-refractivity contribution in [3.8, 4) is 0 Å². The minimum atomic E-state index is 0.850. The van der Waals surface area contributed by atoms with Gasteiger partial charge in [-0.15, -0.1) is 0 Å². The maximum Gasteiger partial charge on any atom is 0.0110 e. The molecule has 14 heavy (non-hydrogen) atoms. The molecule has 0 bridgehead atoms. The molecule has 1 N–H and O–H groups in total. The summed E-state index contributed by atoms with van der Waals surface area (Å²) < 4.78 is 0. The molecule has 2 saturated heterocycles. The molecule has 3 nitrogen and oxygen atoms in total. The summed E-state index contributed by atoms with van der Waals surface area (Å²) in [5.41, 5.74) is 0. The van der Waals surface area contributed by atoms with E-state index in [0.717, 1.165) is 6.04 Å². The molecule has 0 saturated carbocycles. The van der Waals surface area contributed by atoms with E-state index in [0.29, 0.717) is 0 Å². The quantitative estimate of drug-likeness (QED) is 0.703. The smallest absolute Gasteiger partial charge is 0.0110 e. The van der Waals surface area contributed by atoms with Gasteiger partial charge in [0.05, 0.1) is 0 Å². The molecule has 0 aliphatic carbocycles. The van der Waals surface area contributed by atoms with Crippen molar-refractivity contribution in [2.75, 3.05) is 46.3 Å². The zero-order valence-corrected chi connectivity index (χ0v) is 9.34. The number of piperazine rings is 1. The third-order valence-electron chi connectivity index (χ3n) is 3.55. The van der Waals surface area contributed by atoms with E-state index in [1.165, 1.54) is 58.5 Å². The maximum absolute atomic E-state index is 3.46. The van der Waals surface area contributed by atoms with Crippen molar-refractivity contribution in [3.63, 3.8) is 0 Å². The third-order valence-corrected chi connectivity index (χ3v) is 3.55. The van der Waals surface area contributed by atoms with Gasteiger partial charge in [-0.05, 0) is 39.4 Å². The van der Waals surface area contributed by atoms with Crippen LogP contribution in [0.25, 0.3) is 0 Å². The van der Waals surface area contributed by atoms with Crippen LogP contribution in [0.3, 0.4) is 0 Å². The Morgan fingerprint density at radius 3 is 2.50 bits per heavy atom. The summed E-state index contributed by atoms with van der Waals surface area (Å²) in [6, 6.07) is 0.850. The van der Waals surface area contributed by atoms with E-state index < -0.39 is 0 Å². The fourth-order valence-electron chi connectivity index (χ4n) is 2.23. The van der Waals surface area contributed by atoms with Gasteiger partial charge >= 0.3 is 0 Å². The van der Waals surface area contributed by atoms with Gasteiger partial charge in [-0.3, -0.25) is 0 Å². The lowest BCUT2D eigenvalue weighted by molar-refractivity contribution is 0.149. The van der Waals surface area contributed by atoms with Gasteiger partial charge in [-0.2, -0.15) is 0 Å². The van der Waals surface area contributed by atoms with Gasteiger partial charge in [-0.25, -0.2) is 0 Å². The van der Waals surface area contributed by atoms with Gasteiger partial charge < -0.3 is 15.1 Å². The standard InChI is InChI=1S/C11H23N3/c1-13-7-9-14(10-8-13)6-2-3-11-4-5-12-11/h11-12H,2-10H2,1H3. The zero-order valence-electron chi connectivity index (χ0n) is 9.34. The topological polar surface area (TPSA) is 18.5 Å². The van der Waals surface area contributed by atoms with Gasteiger partial charge in [0.25, 0.3) is 0 Å². The van der Waals surface area contributed by atoms with Crippen molar-refractivity contribution < 1.29 is 0 Å². The van der Waals surface area contributed by atoms with Crippen molar-refractivity contribution in [3.05, 3.63) is 0 Å². The molecule has 0 amide bonds. The summed E-state index contributed by atoms with van der Waals surface area (Å²) in [4.78, 5) is 5.03. The molecule has 0 radical (unpaired) electrons. The SMILES string of the molecule is CN1CCN(CCCC2CCN2)CC1. The van der Waals surface area contributed by atoms with Crippen LogP contribution in [0.5, 0.6) is 0 Å². The minimum absolute atomic E-state index is 0.850. The Kier molecular flexibility index (Phi) is 3.79. The Hall–Kier alpha value is -0.120. The van der Waals surface area contributed by atoms with Crippen LogP contribution >= 0.6 is 0 Å². The van der Waals surface area contributed by atoms with Crippen molar-refractivity contribution in [1.82, 2.24) is 15.1 Å². The summed E-state index contributed by atoms with van der Waals surface area (Å²) in [5, 5.41) is 3.46. The maximum atomic E-state index is 3.46. The molecule has 2 rings (SSSR count). The first-order valence-corrected chi connectivity index (χ1v) is 5.99. The molecule has 2 aliphatic heterocycles. The lowest BCUT2D eigenvalue weighted by atomic mass is 10.0. The Morgan fingerprint density at radius 2 is 1.93 bits per heavy atom. The van der Waals surface area contributed by atoms with E-state index >= 15 is 0 Å². The van der Waals surface area contributed by atoms with Gasteiger partial charge in [0.2, 0.25) is 0 Å². The largest absolute Gasteiger partial charge is 0.314 e. The summed E-state index contributed by atoms with van der Waals surface area (Å²) in [6.07, 6.45) is 4.16. The fourth-order valence-corrected chi connectivity index (χ4v) is 2.23. The van der Waals surface area contributed by atoms with E-state index in [9.17, 15) is 0 Å². The Morgan fingerprint density at radius 1 is 1.21 bits per heavy atom. The predicted octanol–water partition coefficient (Wildman–Crippen LogP) is 0.376. The minimum Gasteiger partial charge on any atom is -0.314 e. The molecule has 82 valence electrons. The van der Waals surface area contributed by atoms with Crippen LogP contribution < -0.4 is 5.32 Å². The van der Waals surface area contributed by atoms with Crippen LogP contribution in [-0.4, -0.2) is 62.2 Å². The molecule has 0 spiro atoms. The number of nitrogens with one attached hydrogen (secondary N) is 1. The molecular formula is C11H23N3. The van der Waals surface area contributed by atoms with Gasteiger partial charge in [0.1, 0.15) is 0 Å². The number of hydrogen-bond donors (Lipinski definition) is 1. The monoisotopic (exact) mass is 197 g/mol. The lowest BCUT2D eigenvalue weighted by Gasteiger charge is -2.33. The van der Waals surface area contributed by atoms with Gasteiger partial charge in [-0.1, -0.05) is 0 Å². The second kappa shape index (κ2) is 5.10. The molecule has 1 atom stereocenters. The third kappa shape index (κ3) is 2.94. The van der Waals surface area contributed by atoms with Gasteiger partial charge in [0, 0.05) is 32.2 Å². The summed E-state index contributed by atoms with van der Waals surface area (Å²) >= 11 is 0. The zero-order chi connectivity index (χ0) is 9.80. The molecule has 2 fully saturated rings. The highest BCUT2D eigenvalue weighted by Gasteiger charge is 2.17. The first-order valence-electron chi connectivity index (χ1n) is 5.99. The van der Waals surface area contributed by atoms with Crippen LogP contribution in [0, 0.1) is 0 Å². The first-order chi connectivity index (χ1) is 6.84. The Balaban J connectivity index is 1.52. The van der Waals surface area contributed by atoms with Crippen molar-refractivity contribution in [1.29, 1.82) is 0 Å². The van der Waals surface area contributed by atoms with E-state index in [1.807, 2.05) is 0 Å². The second-order valence-corrected chi connectivity index (χ2v) is 4.73. The van der Waals surface area contributed by atoms with Crippen LogP contribution in [-0.2, 0) is 0 Å². The van der Waals surface area contributed by atoms with Gasteiger partial charge in [0.15, 0.2) is 0 Å². The number of likely N-dealkylation sites (N-methyl/N-ethyl adjacent to an activating group) is 1. The number of hydrogen-bond acceptors (Lipinski definition) is 3. The predicted molar refractivity (Wildman–Crippen MR) is 59.6 cm³/mol. The van der Waals surface area contributed by atoms with Crippen LogP contribution in [0.4, 0.5) is 0 Å². The fraction of sp³-hybridized carbons (Fsp3) is 1.00. The van der Waals surface area contributed by atoms with Crippen molar-refractivity contribution in [2.24, 2.45) is 0 Å². The normalized spacial score (nSPS) is 30.2. The molecule has 0 aromatic carbocycles. The molecule has 0 aromatic rings. The number of rotatable bonds is 4. The van der Waals surface area contributed by atoms with Crippen molar-refractivity contribution in [2.45, 2.75) is 25.3 Å². The highest BCUT2D eigenvalue weighted by Crippen LogP contribution is 2.10. The Bertz CT molecular complexity index is 160. The lowest BCUT2D eigenvalue weighted by Crippen LogP contribution is -2.46. The molecule has 2 aliphatic rings. The highest BCUT2D eigenvalue weighted by molar-refractivity contribution is 4.78. The molecule has 0 aromatic heterocycles. The van der Waals surface area contributed by atoms with E-state index in [4.69, 9.17) is 0 Å². The summed E-state index contributed by atoms with van der Waals surface area (Å²) in [6.45, 7) is 7.61. The average Bonchev–Trinajstić information content (AvgIpc) is 2.12. The molecular weight excluding hydrogens is 174 g/mol. The molecule has 1 unspecified atom stereocenters. The van der Waals surface area contributed by atoms with E-state index in [-0.39, 0.29) is 0 Å². The Labute approximate surface area is 87.4 Å². The number of nitrogens with zero attached hydrogens (tertiary/aromatic N) is 2. The van der Waals surface area contributed by atoms with Crippen LogP contribution in [0.15, 0.2) is 0 Å². The molecule has 2 heterocycles. The van der Waals surface area contributed by atoms with Crippen LogP contribution in [0.1, 0.15) is 19.3 Å². The van der Waals surface area contributed by atoms with Crippen LogP contribution in [0.2, 0.25) is 0 Å². The first kappa shape index (κ1) is 10.4. The highest BCUT2D eigenvalue weighted by atomic mass is 15.2. The summed E-state index contributed by atoms with van der Waals surface area (Å²) in [5.74, 6) is 0. The van der Waals surface area contributed by atoms with E-state index in [2.05, 4.69) is 22.2 Å².